The molecule has 1 saturated heterocycles. The molecular formula is C27H33ClN4O2. The Balaban J connectivity index is 1.33. The summed E-state index contributed by atoms with van der Waals surface area (Å²) in [6.45, 7) is 10.7. The SMILES string of the molecule is Cc1ccc(C(NC(=O)C2CCN(Cc3nc(-c4ccccc4Cl)no3)CC2)C(C)C)c(C)c1. The summed E-state index contributed by atoms with van der Waals surface area (Å²) in [5, 5.41) is 8.03. The molecule has 1 amide bonds. The first kappa shape index (κ1) is 24.4. The van der Waals surface area contributed by atoms with E-state index in [-0.39, 0.29) is 17.9 Å². The van der Waals surface area contributed by atoms with Crippen molar-refractivity contribution in [3.63, 3.8) is 0 Å². The zero-order valence-corrected chi connectivity index (χ0v) is 21.1. The zero-order valence-electron chi connectivity index (χ0n) is 20.3. The Hall–Kier alpha value is -2.70. The summed E-state index contributed by atoms with van der Waals surface area (Å²) in [6, 6.07) is 13.9. The van der Waals surface area contributed by atoms with Gasteiger partial charge in [0.2, 0.25) is 17.6 Å². The van der Waals surface area contributed by atoms with Crippen molar-refractivity contribution in [1.82, 2.24) is 20.4 Å². The summed E-state index contributed by atoms with van der Waals surface area (Å²) < 4.78 is 5.46. The molecular weight excluding hydrogens is 448 g/mol. The van der Waals surface area contributed by atoms with Gasteiger partial charge in [-0.3, -0.25) is 9.69 Å². The fourth-order valence-corrected chi connectivity index (χ4v) is 4.89. The highest BCUT2D eigenvalue weighted by atomic mass is 35.5. The standard InChI is InChI=1S/C27H33ClN4O2/c1-17(2)25(21-10-9-18(3)15-19(21)4)30-27(33)20-11-13-32(14-12-20)16-24-29-26(31-34-24)22-7-5-6-8-23(22)28/h5-10,15,17,20,25H,11-14,16H2,1-4H3,(H,30,33). The second-order valence-corrected chi connectivity index (χ2v) is 10.0. The Morgan fingerprint density at radius 1 is 1.18 bits per heavy atom. The van der Waals surface area contributed by atoms with Crippen LogP contribution in [0.2, 0.25) is 5.02 Å². The van der Waals surface area contributed by atoms with Crippen molar-refractivity contribution in [2.24, 2.45) is 11.8 Å². The van der Waals surface area contributed by atoms with Crippen LogP contribution in [0.5, 0.6) is 0 Å². The van der Waals surface area contributed by atoms with Gasteiger partial charge in [-0.15, -0.1) is 0 Å². The van der Waals surface area contributed by atoms with Gasteiger partial charge in [-0.05, 0) is 69.0 Å². The first-order valence-electron chi connectivity index (χ1n) is 12.0. The lowest BCUT2D eigenvalue weighted by molar-refractivity contribution is -0.127. The normalized spacial score (nSPS) is 16.1. The van der Waals surface area contributed by atoms with Gasteiger partial charge in [-0.1, -0.05) is 66.5 Å². The molecule has 1 aliphatic heterocycles. The van der Waals surface area contributed by atoms with Gasteiger partial charge in [0.25, 0.3) is 0 Å². The molecule has 1 aromatic heterocycles. The number of halogens is 1. The predicted octanol–water partition coefficient (Wildman–Crippen LogP) is 5.73. The van der Waals surface area contributed by atoms with E-state index in [4.69, 9.17) is 16.1 Å². The van der Waals surface area contributed by atoms with E-state index in [1.165, 1.54) is 16.7 Å². The number of aryl methyl sites for hydroxylation is 2. The molecule has 1 aliphatic rings. The summed E-state index contributed by atoms with van der Waals surface area (Å²) in [6.07, 6.45) is 1.63. The molecule has 34 heavy (non-hydrogen) atoms. The molecule has 4 rings (SSSR count). The van der Waals surface area contributed by atoms with Crippen LogP contribution in [-0.2, 0) is 11.3 Å². The number of nitrogens with one attached hydrogen (secondary N) is 1. The van der Waals surface area contributed by atoms with E-state index in [1.807, 2.05) is 24.3 Å². The number of nitrogens with zero attached hydrogens (tertiary/aromatic N) is 3. The Kier molecular flexibility index (Phi) is 7.69. The first-order chi connectivity index (χ1) is 16.3. The summed E-state index contributed by atoms with van der Waals surface area (Å²) >= 11 is 6.25. The number of hydrogen-bond acceptors (Lipinski definition) is 5. The van der Waals surface area contributed by atoms with Crippen LogP contribution in [0.1, 0.15) is 55.3 Å². The zero-order chi connectivity index (χ0) is 24.2. The van der Waals surface area contributed by atoms with Crippen molar-refractivity contribution in [3.05, 3.63) is 70.1 Å². The van der Waals surface area contributed by atoms with E-state index in [0.717, 1.165) is 31.5 Å². The van der Waals surface area contributed by atoms with Crippen LogP contribution in [0, 0.1) is 25.7 Å². The van der Waals surface area contributed by atoms with Gasteiger partial charge in [0.15, 0.2) is 0 Å². The lowest BCUT2D eigenvalue weighted by atomic mass is 9.90. The third-order valence-corrected chi connectivity index (χ3v) is 6.95. The quantitative estimate of drug-likeness (QED) is 0.467. The van der Waals surface area contributed by atoms with Gasteiger partial charge in [-0.2, -0.15) is 4.98 Å². The molecule has 0 radical (unpaired) electrons. The van der Waals surface area contributed by atoms with Crippen LogP contribution in [-0.4, -0.2) is 34.0 Å². The van der Waals surface area contributed by atoms with Crippen molar-refractivity contribution < 1.29 is 9.32 Å². The van der Waals surface area contributed by atoms with Crippen LogP contribution in [0.15, 0.2) is 47.0 Å². The van der Waals surface area contributed by atoms with Crippen LogP contribution in [0.25, 0.3) is 11.4 Å². The van der Waals surface area contributed by atoms with Gasteiger partial charge in [-0.25, -0.2) is 0 Å². The molecule has 6 nitrogen and oxygen atoms in total. The lowest BCUT2D eigenvalue weighted by Crippen LogP contribution is -2.42. The maximum Gasteiger partial charge on any atom is 0.241 e. The fraction of sp³-hybridized carbons (Fsp3) is 0.444. The van der Waals surface area contributed by atoms with Gasteiger partial charge in [0.05, 0.1) is 17.6 Å². The Bertz CT molecular complexity index is 1140. The molecule has 0 spiro atoms. The van der Waals surface area contributed by atoms with E-state index in [0.29, 0.717) is 29.2 Å². The van der Waals surface area contributed by atoms with E-state index < -0.39 is 0 Å². The maximum absolute atomic E-state index is 13.1. The highest BCUT2D eigenvalue weighted by Gasteiger charge is 2.29. The molecule has 1 fully saturated rings. The molecule has 0 aliphatic carbocycles. The predicted molar refractivity (Wildman–Crippen MR) is 134 cm³/mol. The summed E-state index contributed by atoms with van der Waals surface area (Å²) in [5.41, 5.74) is 4.43. The summed E-state index contributed by atoms with van der Waals surface area (Å²) in [7, 11) is 0. The second kappa shape index (κ2) is 10.7. The van der Waals surface area contributed by atoms with Crippen LogP contribution in [0.4, 0.5) is 0 Å². The van der Waals surface area contributed by atoms with Crippen LogP contribution < -0.4 is 5.32 Å². The molecule has 0 bridgehead atoms. The Morgan fingerprint density at radius 3 is 2.59 bits per heavy atom. The molecule has 180 valence electrons. The van der Waals surface area contributed by atoms with E-state index in [1.54, 1.807) is 0 Å². The van der Waals surface area contributed by atoms with Gasteiger partial charge in [0.1, 0.15) is 0 Å². The third-order valence-electron chi connectivity index (χ3n) is 6.62. The summed E-state index contributed by atoms with van der Waals surface area (Å²) in [4.78, 5) is 19.9. The molecule has 1 unspecified atom stereocenters. The fourth-order valence-electron chi connectivity index (χ4n) is 4.66. The van der Waals surface area contributed by atoms with E-state index in [9.17, 15) is 4.79 Å². The largest absolute Gasteiger partial charge is 0.349 e. The van der Waals surface area contributed by atoms with Crippen molar-refractivity contribution >= 4 is 17.5 Å². The van der Waals surface area contributed by atoms with Gasteiger partial charge >= 0.3 is 0 Å². The van der Waals surface area contributed by atoms with Crippen molar-refractivity contribution in [3.8, 4) is 11.4 Å². The topological polar surface area (TPSA) is 71.3 Å². The minimum Gasteiger partial charge on any atom is -0.349 e. The Labute approximate surface area is 206 Å². The third kappa shape index (κ3) is 5.68. The number of likely N-dealkylation sites (tertiary alicyclic amines) is 1. The molecule has 7 heteroatoms. The first-order valence-corrected chi connectivity index (χ1v) is 12.4. The maximum atomic E-state index is 13.1. The Morgan fingerprint density at radius 2 is 1.91 bits per heavy atom. The number of carbonyl (C=O) groups is 1. The second-order valence-electron chi connectivity index (χ2n) is 9.63. The van der Waals surface area contributed by atoms with E-state index in [2.05, 4.69) is 66.3 Å². The number of benzene rings is 2. The number of piperidine rings is 1. The molecule has 1 N–H and O–H groups in total. The molecule has 2 aromatic carbocycles. The number of amides is 1. The number of hydrogen-bond donors (Lipinski definition) is 1. The van der Waals surface area contributed by atoms with Gasteiger partial charge in [0, 0.05) is 11.5 Å². The van der Waals surface area contributed by atoms with E-state index >= 15 is 0 Å². The number of carbonyl (C=O) groups excluding carboxylic acids is 1. The average Bonchev–Trinajstić information content (AvgIpc) is 3.26. The van der Waals surface area contributed by atoms with Crippen LogP contribution >= 0.6 is 11.6 Å². The number of aromatic nitrogens is 2. The minimum atomic E-state index is 0.0182. The van der Waals surface area contributed by atoms with Crippen molar-refractivity contribution in [2.45, 2.75) is 53.1 Å². The number of rotatable bonds is 7. The molecule has 0 saturated carbocycles. The molecule has 1 atom stereocenters. The summed E-state index contributed by atoms with van der Waals surface area (Å²) in [5.74, 6) is 1.55. The van der Waals surface area contributed by atoms with Crippen LogP contribution in [0.3, 0.4) is 0 Å². The molecule has 3 aromatic rings. The van der Waals surface area contributed by atoms with Crippen molar-refractivity contribution in [2.75, 3.05) is 13.1 Å². The lowest BCUT2D eigenvalue weighted by Gasteiger charge is -2.32. The van der Waals surface area contributed by atoms with Crippen molar-refractivity contribution in [1.29, 1.82) is 0 Å². The highest BCUT2D eigenvalue weighted by molar-refractivity contribution is 6.33. The minimum absolute atomic E-state index is 0.0182. The van der Waals surface area contributed by atoms with Gasteiger partial charge < -0.3 is 9.84 Å². The average molecular weight is 481 g/mol. The smallest absolute Gasteiger partial charge is 0.241 e. The molecule has 2 heterocycles. The monoisotopic (exact) mass is 480 g/mol. The highest BCUT2D eigenvalue weighted by Crippen LogP contribution is 2.28.